The number of rotatable bonds is 4. The Morgan fingerprint density at radius 2 is 2.16 bits per heavy atom. The highest BCUT2D eigenvalue weighted by molar-refractivity contribution is 5.10. The van der Waals surface area contributed by atoms with Gasteiger partial charge < -0.3 is 9.88 Å². The van der Waals surface area contributed by atoms with Crippen LogP contribution in [0.5, 0.6) is 0 Å². The van der Waals surface area contributed by atoms with E-state index in [9.17, 15) is 18.0 Å². The molecule has 1 unspecified atom stereocenters. The van der Waals surface area contributed by atoms with Crippen LogP contribution in [0.1, 0.15) is 31.4 Å². The van der Waals surface area contributed by atoms with Gasteiger partial charge in [0, 0.05) is 18.7 Å². The van der Waals surface area contributed by atoms with Gasteiger partial charge in [-0.15, -0.1) is 0 Å². The predicted molar refractivity (Wildman–Crippen MR) is 66.0 cm³/mol. The SMILES string of the molecule is O=c1cccc(C(F)(F)F)n1CCCC1CCCN1. The van der Waals surface area contributed by atoms with Gasteiger partial charge in [0.1, 0.15) is 5.69 Å². The van der Waals surface area contributed by atoms with Crippen LogP contribution in [0.15, 0.2) is 23.0 Å². The first-order valence-electron chi connectivity index (χ1n) is 6.49. The highest BCUT2D eigenvalue weighted by atomic mass is 19.4. The summed E-state index contributed by atoms with van der Waals surface area (Å²) in [6.07, 6.45) is -0.922. The summed E-state index contributed by atoms with van der Waals surface area (Å²) >= 11 is 0. The van der Waals surface area contributed by atoms with E-state index >= 15 is 0 Å². The van der Waals surface area contributed by atoms with E-state index in [4.69, 9.17) is 0 Å². The second-order valence-electron chi connectivity index (χ2n) is 4.83. The Bertz CT molecular complexity index is 476. The molecule has 1 aliphatic heterocycles. The molecule has 0 aliphatic carbocycles. The largest absolute Gasteiger partial charge is 0.431 e. The van der Waals surface area contributed by atoms with Crippen LogP contribution in [-0.2, 0) is 12.7 Å². The zero-order valence-corrected chi connectivity index (χ0v) is 10.5. The van der Waals surface area contributed by atoms with Crippen LogP contribution in [0.4, 0.5) is 13.2 Å². The van der Waals surface area contributed by atoms with E-state index < -0.39 is 17.4 Å². The number of pyridine rings is 1. The number of aromatic nitrogens is 1. The third-order valence-electron chi connectivity index (χ3n) is 3.44. The molecule has 0 spiro atoms. The molecule has 1 aromatic heterocycles. The maximum Gasteiger partial charge on any atom is 0.431 e. The monoisotopic (exact) mass is 274 g/mol. The topological polar surface area (TPSA) is 34.0 Å². The molecule has 1 saturated heterocycles. The molecule has 0 radical (unpaired) electrons. The third-order valence-corrected chi connectivity index (χ3v) is 3.44. The first kappa shape index (κ1) is 14.1. The standard InChI is InChI=1S/C13H17F3N2O/c14-13(15,16)11-6-1-7-12(19)18(11)9-3-5-10-4-2-8-17-10/h1,6-7,10,17H,2-5,8-9H2. The van der Waals surface area contributed by atoms with E-state index in [1.807, 2.05) is 0 Å². The van der Waals surface area contributed by atoms with Crippen molar-refractivity contribution in [3.05, 3.63) is 34.2 Å². The summed E-state index contributed by atoms with van der Waals surface area (Å²) < 4.78 is 39.2. The van der Waals surface area contributed by atoms with Gasteiger partial charge in [0.25, 0.3) is 5.56 Å². The Balaban J connectivity index is 2.04. The van der Waals surface area contributed by atoms with Gasteiger partial charge in [-0.25, -0.2) is 0 Å². The van der Waals surface area contributed by atoms with Crippen LogP contribution < -0.4 is 10.9 Å². The maximum atomic E-state index is 12.8. The van der Waals surface area contributed by atoms with Crippen LogP contribution in [0, 0.1) is 0 Å². The Morgan fingerprint density at radius 1 is 1.37 bits per heavy atom. The smallest absolute Gasteiger partial charge is 0.314 e. The summed E-state index contributed by atoms with van der Waals surface area (Å²) in [4.78, 5) is 11.6. The molecule has 19 heavy (non-hydrogen) atoms. The van der Waals surface area contributed by atoms with Gasteiger partial charge >= 0.3 is 6.18 Å². The molecule has 0 aromatic carbocycles. The van der Waals surface area contributed by atoms with Gasteiger partial charge in [-0.1, -0.05) is 6.07 Å². The zero-order valence-electron chi connectivity index (χ0n) is 10.5. The summed E-state index contributed by atoms with van der Waals surface area (Å²) in [7, 11) is 0. The van der Waals surface area contributed by atoms with E-state index in [0.717, 1.165) is 42.5 Å². The number of hydrogen-bond acceptors (Lipinski definition) is 2. The Labute approximate surface area is 109 Å². The second-order valence-corrected chi connectivity index (χ2v) is 4.83. The van der Waals surface area contributed by atoms with Crippen molar-refractivity contribution in [3.63, 3.8) is 0 Å². The molecule has 6 heteroatoms. The van der Waals surface area contributed by atoms with Gasteiger partial charge in [-0.05, 0) is 38.3 Å². The first-order chi connectivity index (χ1) is 8.98. The minimum atomic E-state index is -4.48. The average molecular weight is 274 g/mol. The van der Waals surface area contributed by atoms with Crippen molar-refractivity contribution >= 4 is 0 Å². The lowest BCUT2D eigenvalue weighted by Crippen LogP contribution is -2.28. The van der Waals surface area contributed by atoms with Crippen molar-refractivity contribution < 1.29 is 13.2 Å². The minimum absolute atomic E-state index is 0.118. The van der Waals surface area contributed by atoms with Crippen LogP contribution >= 0.6 is 0 Å². The van der Waals surface area contributed by atoms with Gasteiger partial charge in [0.05, 0.1) is 0 Å². The number of nitrogens with one attached hydrogen (secondary N) is 1. The predicted octanol–water partition coefficient (Wildman–Crippen LogP) is 2.40. The number of alkyl halides is 3. The van der Waals surface area contributed by atoms with Gasteiger partial charge in [0.2, 0.25) is 0 Å². The normalized spacial score (nSPS) is 19.8. The number of halogens is 3. The molecule has 2 rings (SSSR count). The van der Waals surface area contributed by atoms with Crippen molar-refractivity contribution in [3.8, 4) is 0 Å². The van der Waals surface area contributed by atoms with Crippen LogP contribution in [0.25, 0.3) is 0 Å². The molecule has 2 heterocycles. The summed E-state index contributed by atoms with van der Waals surface area (Å²) in [5, 5.41) is 3.29. The fourth-order valence-electron chi connectivity index (χ4n) is 2.50. The Kier molecular flexibility index (Phi) is 4.29. The molecular formula is C13H17F3N2O. The van der Waals surface area contributed by atoms with E-state index in [1.54, 1.807) is 0 Å². The fraction of sp³-hybridized carbons (Fsp3) is 0.615. The molecule has 1 N–H and O–H groups in total. The molecule has 1 aromatic rings. The number of hydrogen-bond donors (Lipinski definition) is 1. The van der Waals surface area contributed by atoms with E-state index in [1.165, 1.54) is 6.07 Å². The lowest BCUT2D eigenvalue weighted by molar-refractivity contribution is -0.144. The summed E-state index contributed by atoms with van der Waals surface area (Å²) in [5.41, 5.74) is -1.45. The van der Waals surface area contributed by atoms with Crippen LogP contribution in [-0.4, -0.2) is 17.2 Å². The highest BCUT2D eigenvalue weighted by Gasteiger charge is 2.34. The molecule has 1 aliphatic rings. The average Bonchev–Trinajstić information content (AvgIpc) is 2.82. The molecule has 0 saturated carbocycles. The summed E-state index contributed by atoms with van der Waals surface area (Å²) in [6.45, 7) is 1.09. The number of nitrogens with zero attached hydrogens (tertiary/aromatic N) is 1. The third kappa shape index (κ3) is 3.59. The zero-order chi connectivity index (χ0) is 13.9. The summed E-state index contributed by atoms with van der Waals surface area (Å²) in [6, 6.07) is 3.66. The summed E-state index contributed by atoms with van der Waals surface area (Å²) in [5.74, 6) is 0. The molecule has 106 valence electrons. The molecule has 3 nitrogen and oxygen atoms in total. The van der Waals surface area contributed by atoms with Crippen molar-refractivity contribution in [2.75, 3.05) is 6.54 Å². The van der Waals surface area contributed by atoms with Crippen LogP contribution in [0.2, 0.25) is 0 Å². The quantitative estimate of drug-likeness (QED) is 0.914. The van der Waals surface area contributed by atoms with E-state index in [-0.39, 0.29) is 6.54 Å². The lowest BCUT2D eigenvalue weighted by atomic mass is 10.1. The van der Waals surface area contributed by atoms with Crippen molar-refractivity contribution in [2.24, 2.45) is 0 Å². The second kappa shape index (κ2) is 5.77. The Hall–Kier alpha value is -1.30. The molecule has 1 atom stereocenters. The minimum Gasteiger partial charge on any atom is -0.314 e. The first-order valence-corrected chi connectivity index (χ1v) is 6.49. The van der Waals surface area contributed by atoms with Crippen LogP contribution in [0.3, 0.4) is 0 Å². The highest BCUT2D eigenvalue weighted by Crippen LogP contribution is 2.28. The molecular weight excluding hydrogens is 257 g/mol. The Morgan fingerprint density at radius 3 is 2.79 bits per heavy atom. The molecule has 0 amide bonds. The molecule has 1 fully saturated rings. The van der Waals surface area contributed by atoms with Gasteiger partial charge in [-0.3, -0.25) is 4.79 Å². The van der Waals surface area contributed by atoms with E-state index in [0.29, 0.717) is 12.5 Å². The van der Waals surface area contributed by atoms with Crippen molar-refractivity contribution in [2.45, 2.75) is 44.4 Å². The van der Waals surface area contributed by atoms with Crippen molar-refractivity contribution in [1.29, 1.82) is 0 Å². The lowest BCUT2D eigenvalue weighted by Gasteiger charge is -2.16. The fourth-order valence-corrected chi connectivity index (χ4v) is 2.50. The van der Waals surface area contributed by atoms with E-state index in [2.05, 4.69) is 5.32 Å². The molecule has 0 bridgehead atoms. The maximum absolute atomic E-state index is 12.8. The van der Waals surface area contributed by atoms with Gasteiger partial charge in [-0.2, -0.15) is 13.2 Å². The van der Waals surface area contributed by atoms with Gasteiger partial charge in [0.15, 0.2) is 0 Å². The van der Waals surface area contributed by atoms with Crippen molar-refractivity contribution in [1.82, 2.24) is 9.88 Å².